The molecule has 0 radical (unpaired) electrons. The van der Waals surface area contributed by atoms with Crippen molar-refractivity contribution in [3.8, 4) is 11.5 Å². The fourth-order valence-corrected chi connectivity index (χ4v) is 1.99. The van der Waals surface area contributed by atoms with E-state index >= 15 is 0 Å². The van der Waals surface area contributed by atoms with Crippen molar-refractivity contribution in [2.45, 2.75) is 6.92 Å². The third-order valence-corrected chi connectivity index (χ3v) is 3.00. The molecule has 0 fully saturated rings. The van der Waals surface area contributed by atoms with Gasteiger partial charge in [0.1, 0.15) is 5.82 Å². The second kappa shape index (κ2) is 4.85. The normalized spacial score (nSPS) is 12.3. The second-order valence-electron chi connectivity index (χ2n) is 4.51. The minimum atomic E-state index is -0.547. The van der Waals surface area contributed by atoms with Gasteiger partial charge in [-0.25, -0.2) is 4.39 Å². The number of ether oxygens (including phenoxy) is 2. The Morgan fingerprint density at radius 1 is 1.15 bits per heavy atom. The molecule has 0 aromatic heterocycles. The Bertz CT molecular complexity index is 685. The van der Waals surface area contributed by atoms with Crippen LogP contribution in [0.2, 0.25) is 0 Å². The SMILES string of the molecule is Cc1ccc(F)c(C(=O)Nc2ccc3c(c2)OCO3)c1. The molecule has 4 nitrogen and oxygen atoms in total. The van der Waals surface area contributed by atoms with E-state index in [4.69, 9.17) is 9.47 Å². The van der Waals surface area contributed by atoms with Gasteiger partial charge in [0.15, 0.2) is 11.5 Å². The molecule has 0 saturated heterocycles. The second-order valence-corrected chi connectivity index (χ2v) is 4.51. The van der Waals surface area contributed by atoms with E-state index in [0.717, 1.165) is 5.56 Å². The molecule has 0 saturated carbocycles. The molecule has 5 heteroatoms. The average molecular weight is 273 g/mol. The molecule has 0 unspecified atom stereocenters. The van der Waals surface area contributed by atoms with Crippen LogP contribution in [0.3, 0.4) is 0 Å². The molecule has 0 atom stereocenters. The zero-order chi connectivity index (χ0) is 14.1. The van der Waals surface area contributed by atoms with Crippen LogP contribution < -0.4 is 14.8 Å². The molecular formula is C15H12FNO3. The average Bonchev–Trinajstić information content (AvgIpc) is 2.89. The van der Waals surface area contributed by atoms with Gasteiger partial charge >= 0.3 is 0 Å². The molecule has 0 aliphatic carbocycles. The number of hydrogen-bond acceptors (Lipinski definition) is 3. The first-order chi connectivity index (χ1) is 9.63. The van der Waals surface area contributed by atoms with Crippen LogP contribution in [0.4, 0.5) is 10.1 Å². The Morgan fingerprint density at radius 3 is 2.80 bits per heavy atom. The molecule has 0 bridgehead atoms. The number of nitrogens with one attached hydrogen (secondary N) is 1. The predicted octanol–water partition coefficient (Wildman–Crippen LogP) is 3.12. The molecule has 1 amide bonds. The summed E-state index contributed by atoms with van der Waals surface area (Å²) < 4.78 is 24.0. The van der Waals surface area contributed by atoms with Gasteiger partial charge in [0.2, 0.25) is 6.79 Å². The molecule has 1 heterocycles. The highest BCUT2D eigenvalue weighted by Crippen LogP contribution is 2.34. The van der Waals surface area contributed by atoms with E-state index in [9.17, 15) is 9.18 Å². The number of carbonyl (C=O) groups excluding carboxylic acids is 1. The van der Waals surface area contributed by atoms with E-state index < -0.39 is 11.7 Å². The van der Waals surface area contributed by atoms with Gasteiger partial charge in [0.25, 0.3) is 5.91 Å². The highest BCUT2D eigenvalue weighted by molar-refractivity contribution is 6.04. The van der Waals surface area contributed by atoms with E-state index in [-0.39, 0.29) is 12.4 Å². The van der Waals surface area contributed by atoms with Crippen LogP contribution in [0, 0.1) is 12.7 Å². The molecule has 3 rings (SSSR count). The van der Waals surface area contributed by atoms with Gasteiger partial charge in [-0.1, -0.05) is 11.6 Å². The van der Waals surface area contributed by atoms with Crippen LogP contribution in [-0.4, -0.2) is 12.7 Å². The lowest BCUT2D eigenvalue weighted by atomic mass is 10.1. The lowest BCUT2D eigenvalue weighted by molar-refractivity contribution is 0.102. The fraction of sp³-hybridized carbons (Fsp3) is 0.133. The van der Waals surface area contributed by atoms with E-state index in [2.05, 4.69) is 5.32 Å². The first-order valence-corrected chi connectivity index (χ1v) is 6.10. The summed E-state index contributed by atoms with van der Waals surface area (Å²) >= 11 is 0. The Hall–Kier alpha value is -2.56. The van der Waals surface area contributed by atoms with E-state index in [1.165, 1.54) is 12.1 Å². The summed E-state index contributed by atoms with van der Waals surface area (Å²) in [5.74, 6) is 0.149. The summed E-state index contributed by atoms with van der Waals surface area (Å²) in [6.45, 7) is 1.97. The van der Waals surface area contributed by atoms with Gasteiger partial charge in [0, 0.05) is 11.8 Å². The van der Waals surface area contributed by atoms with Crippen LogP contribution in [0.1, 0.15) is 15.9 Å². The third kappa shape index (κ3) is 2.30. The van der Waals surface area contributed by atoms with Crippen molar-refractivity contribution < 1.29 is 18.7 Å². The molecule has 1 N–H and O–H groups in total. The highest BCUT2D eigenvalue weighted by atomic mass is 19.1. The topological polar surface area (TPSA) is 47.6 Å². The molecule has 1 aliphatic rings. The molecule has 1 aliphatic heterocycles. The van der Waals surface area contributed by atoms with Gasteiger partial charge in [-0.3, -0.25) is 4.79 Å². The summed E-state index contributed by atoms with van der Waals surface area (Å²) in [5, 5.41) is 2.64. The largest absolute Gasteiger partial charge is 0.454 e. The predicted molar refractivity (Wildman–Crippen MR) is 71.7 cm³/mol. The van der Waals surface area contributed by atoms with Crippen molar-refractivity contribution in [1.29, 1.82) is 0 Å². The smallest absolute Gasteiger partial charge is 0.258 e. The third-order valence-electron chi connectivity index (χ3n) is 3.00. The van der Waals surface area contributed by atoms with Crippen LogP contribution in [0.15, 0.2) is 36.4 Å². The summed E-state index contributed by atoms with van der Waals surface area (Å²) in [7, 11) is 0. The molecular weight excluding hydrogens is 261 g/mol. The van der Waals surface area contributed by atoms with Crippen molar-refractivity contribution in [3.63, 3.8) is 0 Å². The van der Waals surface area contributed by atoms with Gasteiger partial charge in [-0.2, -0.15) is 0 Å². The van der Waals surface area contributed by atoms with E-state index in [0.29, 0.717) is 17.2 Å². The number of aryl methyl sites for hydroxylation is 1. The lowest BCUT2D eigenvalue weighted by Crippen LogP contribution is -2.13. The summed E-state index contributed by atoms with van der Waals surface area (Å²) in [6.07, 6.45) is 0. The molecule has 20 heavy (non-hydrogen) atoms. The van der Waals surface area contributed by atoms with Gasteiger partial charge < -0.3 is 14.8 Å². The van der Waals surface area contributed by atoms with Gasteiger partial charge in [-0.15, -0.1) is 0 Å². The summed E-state index contributed by atoms with van der Waals surface area (Å²) in [5.41, 5.74) is 1.37. The first kappa shape index (κ1) is 12.5. The number of benzene rings is 2. The lowest BCUT2D eigenvalue weighted by Gasteiger charge is -2.07. The fourth-order valence-electron chi connectivity index (χ4n) is 1.99. The van der Waals surface area contributed by atoms with E-state index in [1.54, 1.807) is 31.2 Å². The van der Waals surface area contributed by atoms with Crippen molar-refractivity contribution >= 4 is 11.6 Å². The number of amides is 1. The Morgan fingerprint density at radius 2 is 1.95 bits per heavy atom. The number of fused-ring (bicyclic) bond motifs is 1. The zero-order valence-corrected chi connectivity index (χ0v) is 10.8. The summed E-state index contributed by atoms with van der Waals surface area (Å²) in [4.78, 5) is 12.1. The Kier molecular flexibility index (Phi) is 3.02. The quantitative estimate of drug-likeness (QED) is 0.914. The number of hydrogen-bond donors (Lipinski definition) is 1. The maximum atomic E-state index is 13.6. The maximum Gasteiger partial charge on any atom is 0.258 e. The van der Waals surface area contributed by atoms with Crippen LogP contribution in [0.25, 0.3) is 0 Å². The number of anilines is 1. The van der Waals surface area contributed by atoms with Crippen molar-refractivity contribution in [2.24, 2.45) is 0 Å². The first-order valence-electron chi connectivity index (χ1n) is 6.10. The van der Waals surface area contributed by atoms with Crippen molar-refractivity contribution in [2.75, 3.05) is 12.1 Å². The van der Waals surface area contributed by atoms with Crippen molar-refractivity contribution in [1.82, 2.24) is 0 Å². The number of rotatable bonds is 2. The molecule has 2 aromatic carbocycles. The highest BCUT2D eigenvalue weighted by Gasteiger charge is 2.16. The van der Waals surface area contributed by atoms with E-state index in [1.807, 2.05) is 0 Å². The maximum absolute atomic E-state index is 13.6. The molecule has 2 aromatic rings. The minimum Gasteiger partial charge on any atom is -0.454 e. The van der Waals surface area contributed by atoms with Crippen LogP contribution in [0.5, 0.6) is 11.5 Å². The summed E-state index contributed by atoms with van der Waals surface area (Å²) in [6, 6.07) is 9.44. The number of carbonyl (C=O) groups is 1. The zero-order valence-electron chi connectivity index (χ0n) is 10.8. The molecule has 102 valence electrons. The molecule has 0 spiro atoms. The Labute approximate surface area is 115 Å². The van der Waals surface area contributed by atoms with Gasteiger partial charge in [0.05, 0.1) is 5.56 Å². The van der Waals surface area contributed by atoms with Crippen LogP contribution in [-0.2, 0) is 0 Å². The number of halogens is 1. The Balaban J connectivity index is 1.84. The standard InChI is InChI=1S/C15H12FNO3/c1-9-2-4-12(16)11(6-9)15(18)17-10-3-5-13-14(7-10)20-8-19-13/h2-7H,8H2,1H3,(H,17,18). The van der Waals surface area contributed by atoms with Crippen molar-refractivity contribution in [3.05, 3.63) is 53.3 Å². The van der Waals surface area contributed by atoms with Crippen LogP contribution >= 0.6 is 0 Å². The van der Waals surface area contributed by atoms with Gasteiger partial charge in [-0.05, 0) is 31.2 Å². The monoisotopic (exact) mass is 273 g/mol. The minimum absolute atomic E-state index is 0.0164.